The number of rotatable bonds is 7. The summed E-state index contributed by atoms with van der Waals surface area (Å²) in [5.74, 6) is 0.905. The molecule has 96 valence electrons. The van der Waals surface area contributed by atoms with E-state index in [-0.39, 0.29) is 0 Å². The summed E-state index contributed by atoms with van der Waals surface area (Å²) < 4.78 is 10.5. The molecule has 17 heavy (non-hydrogen) atoms. The van der Waals surface area contributed by atoms with Gasteiger partial charge < -0.3 is 14.8 Å². The molecule has 0 aliphatic rings. The highest BCUT2D eigenvalue weighted by Gasteiger charge is 2.11. The summed E-state index contributed by atoms with van der Waals surface area (Å²) in [4.78, 5) is 0. The van der Waals surface area contributed by atoms with Gasteiger partial charge in [-0.3, -0.25) is 0 Å². The van der Waals surface area contributed by atoms with Gasteiger partial charge in [-0.1, -0.05) is 12.1 Å². The molecule has 1 rings (SSSR count). The minimum Gasteiger partial charge on any atom is -0.497 e. The predicted molar refractivity (Wildman–Crippen MR) is 70.5 cm³/mol. The molecule has 1 aromatic carbocycles. The molecule has 0 aliphatic heterocycles. The van der Waals surface area contributed by atoms with Crippen molar-refractivity contribution in [3.63, 3.8) is 0 Å². The molecule has 0 amide bonds. The van der Waals surface area contributed by atoms with Gasteiger partial charge in [0.25, 0.3) is 0 Å². The van der Waals surface area contributed by atoms with Crippen molar-refractivity contribution < 1.29 is 9.47 Å². The second kappa shape index (κ2) is 7.30. The Morgan fingerprint density at radius 2 is 2.00 bits per heavy atom. The molecule has 1 N–H and O–H groups in total. The Labute approximate surface area is 104 Å². The number of benzene rings is 1. The van der Waals surface area contributed by atoms with Crippen LogP contribution in [0.2, 0.25) is 0 Å². The summed E-state index contributed by atoms with van der Waals surface area (Å²) in [7, 11) is 5.44. The van der Waals surface area contributed by atoms with Gasteiger partial charge in [-0.15, -0.1) is 0 Å². The Balaban J connectivity index is 2.65. The summed E-state index contributed by atoms with van der Waals surface area (Å²) in [6.07, 6.45) is 2.40. The number of methoxy groups -OCH3 is 2. The average Bonchev–Trinajstić information content (AvgIpc) is 2.39. The van der Waals surface area contributed by atoms with E-state index in [0.717, 1.165) is 18.6 Å². The fourth-order valence-electron chi connectivity index (χ4n) is 1.86. The Hall–Kier alpha value is -1.06. The molecule has 2 atom stereocenters. The zero-order valence-corrected chi connectivity index (χ0v) is 11.2. The summed E-state index contributed by atoms with van der Waals surface area (Å²) in [5, 5.41) is 3.34. The second-order valence-corrected chi connectivity index (χ2v) is 4.24. The first-order valence-electron chi connectivity index (χ1n) is 6.05. The molecule has 0 bridgehead atoms. The Morgan fingerprint density at radius 1 is 1.24 bits per heavy atom. The molecular formula is C14H23NO2. The van der Waals surface area contributed by atoms with Crippen LogP contribution in [0.4, 0.5) is 0 Å². The first kappa shape index (κ1) is 14.0. The second-order valence-electron chi connectivity index (χ2n) is 4.24. The zero-order valence-electron chi connectivity index (χ0n) is 11.2. The molecule has 0 fully saturated rings. The lowest BCUT2D eigenvalue weighted by Crippen LogP contribution is -2.18. The van der Waals surface area contributed by atoms with Crippen molar-refractivity contribution in [1.29, 1.82) is 0 Å². The van der Waals surface area contributed by atoms with Crippen LogP contribution >= 0.6 is 0 Å². The maximum Gasteiger partial charge on any atom is 0.119 e. The van der Waals surface area contributed by atoms with Gasteiger partial charge in [0.15, 0.2) is 0 Å². The van der Waals surface area contributed by atoms with Crippen molar-refractivity contribution in [2.45, 2.75) is 31.9 Å². The first-order valence-corrected chi connectivity index (χ1v) is 6.05. The summed E-state index contributed by atoms with van der Waals surface area (Å²) in [5.41, 5.74) is 1.26. The lowest BCUT2D eigenvalue weighted by molar-refractivity contribution is 0.106. The van der Waals surface area contributed by atoms with Crippen molar-refractivity contribution in [3.8, 4) is 5.75 Å². The molecule has 0 aliphatic carbocycles. The van der Waals surface area contributed by atoms with E-state index in [1.54, 1.807) is 14.2 Å². The van der Waals surface area contributed by atoms with Crippen LogP contribution in [-0.4, -0.2) is 27.4 Å². The first-order chi connectivity index (χ1) is 8.21. The smallest absolute Gasteiger partial charge is 0.119 e. The van der Waals surface area contributed by atoms with Crippen molar-refractivity contribution in [2.24, 2.45) is 0 Å². The zero-order chi connectivity index (χ0) is 12.7. The van der Waals surface area contributed by atoms with E-state index in [2.05, 4.69) is 24.4 Å². The van der Waals surface area contributed by atoms with Crippen molar-refractivity contribution in [3.05, 3.63) is 29.8 Å². The van der Waals surface area contributed by atoms with Gasteiger partial charge in [0, 0.05) is 13.2 Å². The fourth-order valence-corrected chi connectivity index (χ4v) is 1.86. The van der Waals surface area contributed by atoms with E-state index in [0.29, 0.717) is 12.1 Å². The number of hydrogen-bond acceptors (Lipinski definition) is 3. The van der Waals surface area contributed by atoms with Crippen molar-refractivity contribution in [2.75, 3.05) is 21.3 Å². The van der Waals surface area contributed by atoms with Crippen LogP contribution in [0.3, 0.4) is 0 Å². The SMILES string of the molecule is CNC(CCC(C)OC)c1cccc(OC)c1. The highest BCUT2D eigenvalue weighted by atomic mass is 16.5. The lowest BCUT2D eigenvalue weighted by Gasteiger charge is -2.19. The monoisotopic (exact) mass is 237 g/mol. The van der Waals surface area contributed by atoms with Crippen molar-refractivity contribution in [1.82, 2.24) is 5.32 Å². The minimum atomic E-state index is 0.302. The molecule has 3 heteroatoms. The van der Waals surface area contributed by atoms with Crippen LogP contribution in [0.25, 0.3) is 0 Å². The number of hydrogen-bond donors (Lipinski definition) is 1. The van der Waals surface area contributed by atoms with Crippen LogP contribution in [0, 0.1) is 0 Å². The molecule has 2 unspecified atom stereocenters. The summed E-state index contributed by atoms with van der Waals surface area (Å²) in [6.45, 7) is 2.10. The Morgan fingerprint density at radius 3 is 2.59 bits per heavy atom. The van der Waals surface area contributed by atoms with Gasteiger partial charge >= 0.3 is 0 Å². The van der Waals surface area contributed by atoms with E-state index >= 15 is 0 Å². The maximum atomic E-state index is 5.27. The normalized spacial score (nSPS) is 14.4. The van der Waals surface area contributed by atoms with Crippen LogP contribution in [0.15, 0.2) is 24.3 Å². The molecule has 1 aromatic rings. The third-order valence-corrected chi connectivity index (χ3v) is 3.11. The van der Waals surface area contributed by atoms with Crippen molar-refractivity contribution >= 4 is 0 Å². The van der Waals surface area contributed by atoms with Gasteiger partial charge in [0.05, 0.1) is 13.2 Å². The van der Waals surface area contributed by atoms with E-state index in [9.17, 15) is 0 Å². The summed E-state index contributed by atoms with van der Waals surface area (Å²) >= 11 is 0. The Bertz CT molecular complexity index is 328. The largest absolute Gasteiger partial charge is 0.497 e. The highest BCUT2D eigenvalue weighted by Crippen LogP contribution is 2.23. The topological polar surface area (TPSA) is 30.5 Å². The molecule has 0 aromatic heterocycles. The quantitative estimate of drug-likeness (QED) is 0.791. The third kappa shape index (κ3) is 4.36. The van der Waals surface area contributed by atoms with E-state index in [1.165, 1.54) is 5.56 Å². The third-order valence-electron chi connectivity index (χ3n) is 3.11. The molecular weight excluding hydrogens is 214 g/mol. The van der Waals surface area contributed by atoms with E-state index < -0.39 is 0 Å². The highest BCUT2D eigenvalue weighted by molar-refractivity contribution is 5.30. The number of nitrogens with one attached hydrogen (secondary N) is 1. The average molecular weight is 237 g/mol. The predicted octanol–water partition coefficient (Wildman–Crippen LogP) is 2.77. The van der Waals surface area contributed by atoms with Gasteiger partial charge in [-0.25, -0.2) is 0 Å². The molecule has 0 spiro atoms. The standard InChI is InChI=1S/C14H23NO2/c1-11(16-3)8-9-14(15-2)12-6-5-7-13(10-12)17-4/h5-7,10-11,14-15H,8-9H2,1-4H3. The molecule has 0 radical (unpaired) electrons. The van der Waals surface area contributed by atoms with Crippen LogP contribution < -0.4 is 10.1 Å². The summed E-state index contributed by atoms with van der Waals surface area (Å²) in [6, 6.07) is 8.55. The van der Waals surface area contributed by atoms with Gasteiger partial charge in [0.2, 0.25) is 0 Å². The van der Waals surface area contributed by atoms with Crippen LogP contribution in [0.1, 0.15) is 31.4 Å². The van der Waals surface area contributed by atoms with Gasteiger partial charge in [0.1, 0.15) is 5.75 Å². The molecule has 0 heterocycles. The maximum absolute atomic E-state index is 5.27. The molecule has 3 nitrogen and oxygen atoms in total. The molecule has 0 saturated carbocycles. The fraction of sp³-hybridized carbons (Fsp3) is 0.571. The minimum absolute atomic E-state index is 0.302. The lowest BCUT2D eigenvalue weighted by atomic mass is 10.0. The van der Waals surface area contributed by atoms with Gasteiger partial charge in [-0.05, 0) is 44.5 Å². The molecule has 0 saturated heterocycles. The van der Waals surface area contributed by atoms with Crippen LogP contribution in [0.5, 0.6) is 5.75 Å². The van der Waals surface area contributed by atoms with E-state index in [1.807, 2.05) is 19.2 Å². The Kier molecular flexibility index (Phi) is 6.01. The van der Waals surface area contributed by atoms with Gasteiger partial charge in [-0.2, -0.15) is 0 Å². The van der Waals surface area contributed by atoms with E-state index in [4.69, 9.17) is 9.47 Å². The van der Waals surface area contributed by atoms with Crippen LogP contribution in [-0.2, 0) is 4.74 Å². The number of ether oxygens (including phenoxy) is 2.